The Morgan fingerprint density at radius 3 is 2.59 bits per heavy atom. The molecule has 0 saturated heterocycles. The van der Waals surface area contributed by atoms with Crippen LogP contribution in [0.25, 0.3) is 0 Å². The number of nitrogens with one attached hydrogen (secondary N) is 1. The molecule has 0 radical (unpaired) electrons. The molecule has 3 aromatic rings. The fourth-order valence-corrected chi connectivity index (χ4v) is 3.44. The summed E-state index contributed by atoms with van der Waals surface area (Å²) >= 11 is 1.67. The van der Waals surface area contributed by atoms with E-state index in [2.05, 4.69) is 11.4 Å². The van der Waals surface area contributed by atoms with Crippen molar-refractivity contribution < 1.29 is 14.6 Å². The SMILES string of the molecule is COc1cc(CNCC(O)Cc2ccccc2)ccc1OCc1cccs1. The first-order valence-electron chi connectivity index (χ1n) is 8.99. The average Bonchev–Trinajstić information content (AvgIpc) is 3.21. The van der Waals surface area contributed by atoms with Crippen molar-refractivity contribution in [3.8, 4) is 11.5 Å². The van der Waals surface area contributed by atoms with E-state index < -0.39 is 6.10 Å². The molecule has 0 aliphatic rings. The summed E-state index contributed by atoms with van der Waals surface area (Å²) in [7, 11) is 1.65. The number of rotatable bonds is 10. The van der Waals surface area contributed by atoms with E-state index >= 15 is 0 Å². The second-order valence-corrected chi connectivity index (χ2v) is 7.36. The fraction of sp³-hybridized carbons (Fsp3) is 0.273. The molecule has 0 saturated carbocycles. The quantitative estimate of drug-likeness (QED) is 0.555. The van der Waals surface area contributed by atoms with Gasteiger partial charge in [-0.25, -0.2) is 0 Å². The van der Waals surface area contributed by atoms with Gasteiger partial charge in [0.25, 0.3) is 0 Å². The maximum absolute atomic E-state index is 10.2. The van der Waals surface area contributed by atoms with Gasteiger partial charge in [0.1, 0.15) is 6.61 Å². The second-order valence-electron chi connectivity index (χ2n) is 6.33. The molecule has 0 spiro atoms. The van der Waals surface area contributed by atoms with E-state index in [-0.39, 0.29) is 0 Å². The summed E-state index contributed by atoms with van der Waals surface area (Å²) in [6.07, 6.45) is 0.231. The predicted octanol–water partition coefficient (Wildman–Crippen LogP) is 4.03. The van der Waals surface area contributed by atoms with Gasteiger partial charge in [0, 0.05) is 18.0 Å². The lowest BCUT2D eigenvalue weighted by Crippen LogP contribution is -2.28. The monoisotopic (exact) mass is 383 g/mol. The van der Waals surface area contributed by atoms with Crippen LogP contribution in [-0.4, -0.2) is 24.9 Å². The van der Waals surface area contributed by atoms with Crippen molar-refractivity contribution in [3.05, 3.63) is 82.0 Å². The maximum atomic E-state index is 10.2. The summed E-state index contributed by atoms with van der Waals surface area (Å²) in [5.74, 6) is 1.45. The number of aliphatic hydroxyl groups is 1. The van der Waals surface area contributed by atoms with Crippen molar-refractivity contribution in [2.24, 2.45) is 0 Å². The zero-order valence-corrected chi connectivity index (χ0v) is 16.2. The van der Waals surface area contributed by atoms with Crippen LogP contribution in [0.1, 0.15) is 16.0 Å². The molecule has 0 fully saturated rings. The summed E-state index contributed by atoms with van der Waals surface area (Å²) < 4.78 is 11.3. The topological polar surface area (TPSA) is 50.7 Å². The molecule has 0 amide bonds. The fourth-order valence-electron chi connectivity index (χ4n) is 2.83. The number of ether oxygens (including phenoxy) is 2. The van der Waals surface area contributed by atoms with Gasteiger partial charge < -0.3 is 19.9 Å². The van der Waals surface area contributed by atoms with Crippen LogP contribution in [0.5, 0.6) is 11.5 Å². The van der Waals surface area contributed by atoms with E-state index in [0.717, 1.165) is 22.6 Å². The highest BCUT2D eigenvalue weighted by Crippen LogP contribution is 2.29. The van der Waals surface area contributed by atoms with Gasteiger partial charge in [-0.2, -0.15) is 0 Å². The Morgan fingerprint density at radius 1 is 1.00 bits per heavy atom. The largest absolute Gasteiger partial charge is 0.493 e. The molecule has 142 valence electrons. The highest BCUT2D eigenvalue weighted by molar-refractivity contribution is 7.09. The molecule has 27 heavy (non-hydrogen) atoms. The number of thiophene rings is 1. The number of benzene rings is 2. The van der Waals surface area contributed by atoms with Crippen LogP contribution in [-0.2, 0) is 19.6 Å². The normalized spacial score (nSPS) is 11.9. The molecule has 5 heteroatoms. The van der Waals surface area contributed by atoms with Gasteiger partial charge in [0.2, 0.25) is 0 Å². The van der Waals surface area contributed by atoms with Crippen LogP contribution < -0.4 is 14.8 Å². The Bertz CT molecular complexity index is 806. The number of hydrogen-bond donors (Lipinski definition) is 2. The second kappa shape index (κ2) is 10.1. The lowest BCUT2D eigenvalue weighted by molar-refractivity contribution is 0.171. The Hall–Kier alpha value is -2.34. The Labute approximate surface area is 164 Å². The highest BCUT2D eigenvalue weighted by atomic mass is 32.1. The number of methoxy groups -OCH3 is 1. The third-order valence-electron chi connectivity index (χ3n) is 4.20. The molecule has 2 N–H and O–H groups in total. The summed E-state index contributed by atoms with van der Waals surface area (Å²) in [6, 6.07) is 20.0. The van der Waals surface area contributed by atoms with Gasteiger partial charge in [0.05, 0.1) is 13.2 Å². The van der Waals surface area contributed by atoms with Crippen LogP contribution in [0.4, 0.5) is 0 Å². The molecule has 2 aromatic carbocycles. The minimum absolute atomic E-state index is 0.414. The number of aliphatic hydroxyl groups excluding tert-OH is 1. The van der Waals surface area contributed by atoms with Gasteiger partial charge in [-0.05, 0) is 41.1 Å². The Morgan fingerprint density at radius 2 is 1.85 bits per heavy atom. The molecule has 1 heterocycles. The maximum Gasteiger partial charge on any atom is 0.161 e. The molecule has 1 unspecified atom stereocenters. The number of hydrogen-bond acceptors (Lipinski definition) is 5. The van der Waals surface area contributed by atoms with E-state index in [4.69, 9.17) is 9.47 Å². The molecule has 1 atom stereocenters. The minimum atomic E-state index is -0.414. The molecular formula is C22H25NO3S. The van der Waals surface area contributed by atoms with Gasteiger partial charge in [-0.15, -0.1) is 11.3 Å². The van der Waals surface area contributed by atoms with Crippen LogP contribution in [0, 0.1) is 0 Å². The summed E-state index contributed by atoms with van der Waals surface area (Å²) in [5, 5.41) is 15.5. The van der Waals surface area contributed by atoms with E-state index in [1.807, 2.05) is 60.0 Å². The van der Waals surface area contributed by atoms with Crippen molar-refractivity contribution in [2.45, 2.75) is 25.7 Å². The first-order valence-corrected chi connectivity index (χ1v) is 9.87. The first kappa shape index (κ1) is 19.4. The summed E-state index contributed by atoms with van der Waals surface area (Å²) in [4.78, 5) is 1.18. The van der Waals surface area contributed by atoms with Crippen molar-refractivity contribution in [1.29, 1.82) is 0 Å². The molecule has 0 aliphatic heterocycles. The van der Waals surface area contributed by atoms with Crippen molar-refractivity contribution in [1.82, 2.24) is 5.32 Å². The van der Waals surface area contributed by atoms with E-state index in [0.29, 0.717) is 26.1 Å². The predicted molar refractivity (Wildman–Crippen MR) is 110 cm³/mol. The van der Waals surface area contributed by atoms with Gasteiger partial charge in [-0.1, -0.05) is 42.5 Å². The van der Waals surface area contributed by atoms with Gasteiger partial charge in [-0.3, -0.25) is 0 Å². The first-order chi connectivity index (χ1) is 13.2. The third-order valence-corrected chi connectivity index (χ3v) is 5.05. The Balaban J connectivity index is 1.48. The van der Waals surface area contributed by atoms with E-state index in [9.17, 15) is 5.11 Å². The van der Waals surface area contributed by atoms with Crippen molar-refractivity contribution in [3.63, 3.8) is 0 Å². The summed E-state index contributed by atoms with van der Waals surface area (Å²) in [6.45, 7) is 1.73. The lowest BCUT2D eigenvalue weighted by Gasteiger charge is -2.14. The molecule has 4 nitrogen and oxygen atoms in total. The van der Waals surface area contributed by atoms with Crippen LogP contribution in [0.2, 0.25) is 0 Å². The van der Waals surface area contributed by atoms with Crippen molar-refractivity contribution >= 4 is 11.3 Å². The molecule has 3 rings (SSSR count). The van der Waals surface area contributed by atoms with E-state index in [1.54, 1.807) is 18.4 Å². The van der Waals surface area contributed by atoms with E-state index in [1.165, 1.54) is 4.88 Å². The highest BCUT2D eigenvalue weighted by Gasteiger charge is 2.08. The minimum Gasteiger partial charge on any atom is -0.493 e. The molecule has 0 aliphatic carbocycles. The smallest absolute Gasteiger partial charge is 0.161 e. The lowest BCUT2D eigenvalue weighted by atomic mass is 10.1. The summed E-state index contributed by atoms with van der Waals surface area (Å²) in [5.41, 5.74) is 2.22. The zero-order chi connectivity index (χ0) is 18.9. The molecule has 0 bridgehead atoms. The molecule has 1 aromatic heterocycles. The van der Waals surface area contributed by atoms with Crippen LogP contribution in [0.15, 0.2) is 66.0 Å². The Kier molecular flexibility index (Phi) is 7.27. The van der Waals surface area contributed by atoms with Crippen LogP contribution in [0.3, 0.4) is 0 Å². The van der Waals surface area contributed by atoms with Gasteiger partial charge >= 0.3 is 0 Å². The van der Waals surface area contributed by atoms with Crippen molar-refractivity contribution in [2.75, 3.05) is 13.7 Å². The van der Waals surface area contributed by atoms with Gasteiger partial charge in [0.15, 0.2) is 11.5 Å². The zero-order valence-electron chi connectivity index (χ0n) is 15.4. The average molecular weight is 384 g/mol. The third kappa shape index (κ3) is 6.10. The van der Waals surface area contributed by atoms with Crippen LogP contribution >= 0.6 is 11.3 Å². The molecular weight excluding hydrogens is 358 g/mol. The standard InChI is InChI=1S/C22H25NO3S/c1-25-22-13-18(9-10-21(22)26-16-20-8-5-11-27-20)14-23-15-19(24)12-17-6-3-2-4-7-17/h2-11,13,19,23-24H,12,14-16H2,1H3.